The van der Waals surface area contributed by atoms with Gasteiger partial charge in [0.15, 0.2) is 0 Å². The molecular weight excluding hydrogens is 430 g/mol. The minimum atomic E-state index is -3.68. The van der Waals surface area contributed by atoms with Gasteiger partial charge in [0, 0.05) is 26.2 Å². The van der Waals surface area contributed by atoms with Crippen LogP contribution in [0.1, 0.15) is 18.1 Å². The Bertz CT molecular complexity index is 989. The van der Waals surface area contributed by atoms with E-state index in [2.05, 4.69) is 22.3 Å². The fraction of sp³-hybridized carbons (Fsp3) is 0.435. The lowest BCUT2D eigenvalue weighted by Crippen LogP contribution is -2.40. The van der Waals surface area contributed by atoms with Crippen molar-refractivity contribution in [3.05, 3.63) is 59.7 Å². The summed E-state index contributed by atoms with van der Waals surface area (Å²) in [4.78, 5) is 14.9. The normalized spacial score (nSPS) is 14.7. The topological polar surface area (TPSA) is 88.2 Å². The number of benzene rings is 2. The maximum Gasteiger partial charge on any atom is 0.241 e. The van der Waals surface area contributed by atoms with Gasteiger partial charge in [-0.15, -0.1) is 0 Å². The van der Waals surface area contributed by atoms with E-state index >= 15 is 0 Å². The Morgan fingerprint density at radius 2 is 1.75 bits per heavy atom. The summed E-state index contributed by atoms with van der Waals surface area (Å²) in [5, 5.41) is 2.81. The number of carbonyl (C=O) groups is 1. The zero-order valence-corrected chi connectivity index (χ0v) is 19.4. The molecule has 0 bridgehead atoms. The molecule has 0 atom stereocenters. The molecule has 1 saturated heterocycles. The fourth-order valence-corrected chi connectivity index (χ4v) is 4.35. The number of anilines is 1. The number of nitrogens with one attached hydrogen (secondary N) is 1. The van der Waals surface area contributed by atoms with Crippen LogP contribution in [0.25, 0.3) is 0 Å². The van der Waals surface area contributed by atoms with E-state index in [0.717, 1.165) is 49.0 Å². The third-order valence-corrected chi connectivity index (χ3v) is 6.27. The highest BCUT2D eigenvalue weighted by atomic mass is 32.2. The minimum absolute atomic E-state index is 0.321. The predicted octanol–water partition coefficient (Wildman–Crippen LogP) is 2.00. The lowest BCUT2D eigenvalue weighted by atomic mass is 10.1. The van der Waals surface area contributed by atoms with Gasteiger partial charge in [-0.2, -0.15) is 0 Å². The van der Waals surface area contributed by atoms with E-state index in [0.29, 0.717) is 24.6 Å². The molecule has 1 fully saturated rings. The third-order valence-electron chi connectivity index (χ3n) is 5.14. The summed E-state index contributed by atoms with van der Waals surface area (Å²) in [6.07, 6.45) is 1.08. The number of hydrogen-bond donors (Lipinski definition) is 1. The van der Waals surface area contributed by atoms with Crippen molar-refractivity contribution in [3.63, 3.8) is 0 Å². The summed E-state index contributed by atoms with van der Waals surface area (Å²) in [7, 11) is -3.68. The van der Waals surface area contributed by atoms with Crippen molar-refractivity contribution in [2.24, 2.45) is 0 Å². The highest BCUT2D eigenvalue weighted by Crippen LogP contribution is 2.29. The van der Waals surface area contributed by atoms with Crippen molar-refractivity contribution in [1.29, 1.82) is 0 Å². The molecule has 0 spiro atoms. The number of nitrogens with zero attached hydrogens (tertiary/aromatic N) is 2. The third kappa shape index (κ3) is 6.94. The molecule has 2 aromatic carbocycles. The Balaban J connectivity index is 1.58. The smallest absolute Gasteiger partial charge is 0.241 e. The SMILES string of the molecule is CCOc1ccccc1N(CC(=O)NCc1ccc(CN2CCOCC2)cc1)S(C)(=O)=O. The number of amides is 1. The minimum Gasteiger partial charge on any atom is -0.492 e. The highest BCUT2D eigenvalue weighted by Gasteiger charge is 2.23. The van der Waals surface area contributed by atoms with Crippen molar-refractivity contribution >= 4 is 21.6 Å². The van der Waals surface area contributed by atoms with Gasteiger partial charge < -0.3 is 14.8 Å². The van der Waals surface area contributed by atoms with E-state index in [9.17, 15) is 13.2 Å². The van der Waals surface area contributed by atoms with Gasteiger partial charge in [0.1, 0.15) is 12.3 Å². The van der Waals surface area contributed by atoms with Gasteiger partial charge in [-0.05, 0) is 30.2 Å². The molecule has 0 aromatic heterocycles. The first-order valence-corrected chi connectivity index (χ1v) is 12.6. The number of morpholine rings is 1. The summed E-state index contributed by atoms with van der Waals surface area (Å²) in [5.74, 6) is 0.0307. The van der Waals surface area contributed by atoms with Crippen LogP contribution in [-0.2, 0) is 32.6 Å². The standard InChI is InChI=1S/C23H31N3O5S/c1-3-31-22-7-5-4-6-21(22)26(32(2,28)29)18-23(27)24-16-19-8-10-20(11-9-19)17-25-12-14-30-15-13-25/h4-11H,3,12-18H2,1-2H3,(H,24,27). The molecule has 1 aliphatic rings. The molecule has 1 aliphatic heterocycles. The Labute approximate surface area is 190 Å². The van der Waals surface area contributed by atoms with Crippen LogP contribution in [0, 0.1) is 0 Å². The predicted molar refractivity (Wildman–Crippen MR) is 124 cm³/mol. The van der Waals surface area contributed by atoms with Crippen molar-refractivity contribution in [2.45, 2.75) is 20.0 Å². The number of carbonyl (C=O) groups excluding carboxylic acids is 1. The van der Waals surface area contributed by atoms with Crippen LogP contribution >= 0.6 is 0 Å². The van der Waals surface area contributed by atoms with Crippen LogP contribution in [0.2, 0.25) is 0 Å². The number of sulfonamides is 1. The van der Waals surface area contributed by atoms with Crippen molar-refractivity contribution < 1.29 is 22.7 Å². The molecule has 9 heteroatoms. The summed E-state index contributed by atoms with van der Waals surface area (Å²) >= 11 is 0. The number of para-hydroxylation sites is 2. The molecule has 0 radical (unpaired) electrons. The lowest BCUT2D eigenvalue weighted by Gasteiger charge is -2.26. The summed E-state index contributed by atoms with van der Waals surface area (Å²) < 4.78 is 36.7. The van der Waals surface area contributed by atoms with Gasteiger partial charge in [-0.3, -0.25) is 14.0 Å². The van der Waals surface area contributed by atoms with Crippen LogP contribution in [-0.4, -0.2) is 64.9 Å². The van der Waals surface area contributed by atoms with E-state index in [-0.39, 0.29) is 12.5 Å². The van der Waals surface area contributed by atoms with Gasteiger partial charge in [-0.1, -0.05) is 36.4 Å². The molecular formula is C23H31N3O5S. The van der Waals surface area contributed by atoms with Gasteiger partial charge in [0.2, 0.25) is 15.9 Å². The zero-order valence-electron chi connectivity index (χ0n) is 18.6. The lowest BCUT2D eigenvalue weighted by molar-refractivity contribution is -0.119. The van der Waals surface area contributed by atoms with Gasteiger partial charge in [0.25, 0.3) is 0 Å². The molecule has 0 saturated carbocycles. The van der Waals surface area contributed by atoms with Gasteiger partial charge in [-0.25, -0.2) is 8.42 Å². The number of ether oxygens (including phenoxy) is 2. The maximum absolute atomic E-state index is 12.6. The second-order valence-electron chi connectivity index (χ2n) is 7.65. The Morgan fingerprint density at radius 3 is 2.41 bits per heavy atom. The van der Waals surface area contributed by atoms with Crippen molar-refractivity contribution in [1.82, 2.24) is 10.2 Å². The summed E-state index contributed by atoms with van der Waals surface area (Å²) in [6, 6.07) is 14.9. The molecule has 1 heterocycles. The molecule has 2 aromatic rings. The monoisotopic (exact) mass is 461 g/mol. The van der Waals surface area contributed by atoms with Crippen LogP contribution < -0.4 is 14.4 Å². The molecule has 32 heavy (non-hydrogen) atoms. The Kier molecular flexibility index (Phi) is 8.49. The Morgan fingerprint density at radius 1 is 1.09 bits per heavy atom. The highest BCUT2D eigenvalue weighted by molar-refractivity contribution is 7.92. The molecule has 3 rings (SSSR count). The number of rotatable bonds is 10. The van der Waals surface area contributed by atoms with E-state index in [1.54, 1.807) is 24.3 Å². The second kappa shape index (κ2) is 11.3. The van der Waals surface area contributed by atoms with Gasteiger partial charge >= 0.3 is 0 Å². The van der Waals surface area contributed by atoms with Crippen molar-refractivity contribution in [2.75, 3.05) is 50.0 Å². The fourth-order valence-electron chi connectivity index (χ4n) is 3.49. The van der Waals surface area contributed by atoms with E-state index in [1.807, 2.05) is 19.1 Å². The zero-order chi connectivity index (χ0) is 23.0. The Hall–Kier alpha value is -2.62. The molecule has 0 aliphatic carbocycles. The van der Waals surface area contributed by atoms with E-state index in [4.69, 9.17) is 9.47 Å². The van der Waals surface area contributed by atoms with E-state index in [1.165, 1.54) is 5.56 Å². The van der Waals surface area contributed by atoms with E-state index < -0.39 is 10.0 Å². The second-order valence-corrected chi connectivity index (χ2v) is 9.56. The van der Waals surface area contributed by atoms with Gasteiger partial charge in [0.05, 0.1) is 31.8 Å². The first kappa shape index (κ1) is 24.0. The largest absolute Gasteiger partial charge is 0.492 e. The molecule has 0 unspecified atom stereocenters. The number of hydrogen-bond acceptors (Lipinski definition) is 6. The summed E-state index contributed by atoms with van der Waals surface area (Å²) in [5.41, 5.74) is 2.50. The quantitative estimate of drug-likeness (QED) is 0.582. The van der Waals surface area contributed by atoms with Crippen LogP contribution in [0.15, 0.2) is 48.5 Å². The molecule has 174 valence electrons. The maximum atomic E-state index is 12.6. The molecule has 1 N–H and O–H groups in total. The van der Waals surface area contributed by atoms with Crippen LogP contribution in [0.3, 0.4) is 0 Å². The van der Waals surface area contributed by atoms with Crippen molar-refractivity contribution in [3.8, 4) is 5.75 Å². The summed E-state index contributed by atoms with van der Waals surface area (Å²) in [6.45, 7) is 6.48. The van der Waals surface area contributed by atoms with Crippen LogP contribution in [0.4, 0.5) is 5.69 Å². The molecule has 1 amide bonds. The van der Waals surface area contributed by atoms with Crippen LogP contribution in [0.5, 0.6) is 5.75 Å². The average molecular weight is 462 g/mol. The average Bonchev–Trinajstić information content (AvgIpc) is 2.78. The first-order valence-electron chi connectivity index (χ1n) is 10.7. The first-order chi connectivity index (χ1) is 15.4. The molecule has 8 nitrogen and oxygen atoms in total.